The maximum atomic E-state index is 9.17. The molecule has 1 saturated carbocycles. The van der Waals surface area contributed by atoms with E-state index in [4.69, 9.17) is 12.2 Å². The number of aromatic amines is 1. The van der Waals surface area contributed by atoms with E-state index in [1.807, 2.05) is 18.2 Å². The molecule has 19 heavy (non-hydrogen) atoms. The van der Waals surface area contributed by atoms with Crippen molar-refractivity contribution >= 4 is 23.3 Å². The first-order chi connectivity index (χ1) is 9.02. The predicted octanol–water partition coefficient (Wildman–Crippen LogP) is 4.32. The monoisotopic (exact) mass is 271 g/mol. The van der Waals surface area contributed by atoms with Gasteiger partial charge >= 0.3 is 0 Å². The molecule has 0 amide bonds. The molecule has 1 fully saturated rings. The number of nitriles is 1. The Labute approximate surface area is 117 Å². The van der Waals surface area contributed by atoms with E-state index in [0.717, 1.165) is 28.6 Å². The molecule has 4 heteroatoms. The van der Waals surface area contributed by atoms with Gasteiger partial charge in [-0.05, 0) is 49.0 Å². The number of imidazole rings is 1. The van der Waals surface area contributed by atoms with E-state index >= 15 is 0 Å². The largest absolute Gasteiger partial charge is 0.329 e. The maximum absolute atomic E-state index is 9.17. The molecule has 1 aromatic heterocycles. The normalized spacial score (nSPS) is 21.6. The second-order valence-corrected chi connectivity index (χ2v) is 6.56. The molecule has 1 atom stereocenters. The van der Waals surface area contributed by atoms with Crippen LogP contribution in [-0.2, 0) is 0 Å². The SMILES string of the molecule is CC1(C)CCC(n2c(=S)[nH]c3c(C#N)cccc32)C1. The summed E-state index contributed by atoms with van der Waals surface area (Å²) in [7, 11) is 0. The number of hydrogen-bond donors (Lipinski definition) is 1. The molecule has 0 bridgehead atoms. The summed E-state index contributed by atoms with van der Waals surface area (Å²) in [4.78, 5) is 3.21. The standard InChI is InChI=1S/C15H17N3S/c1-15(2)7-6-11(8-15)18-12-5-3-4-10(9-16)13(12)17-14(18)19/h3-5,11H,6-8H2,1-2H3,(H,17,19). The molecule has 1 aromatic carbocycles. The number of para-hydroxylation sites is 1. The number of nitrogens with zero attached hydrogens (tertiary/aromatic N) is 2. The average Bonchev–Trinajstić information content (AvgIpc) is 2.87. The Balaban J connectivity index is 2.18. The number of rotatable bonds is 1. The van der Waals surface area contributed by atoms with Crippen LogP contribution >= 0.6 is 12.2 Å². The molecule has 1 heterocycles. The van der Waals surface area contributed by atoms with Crippen LogP contribution in [0.1, 0.15) is 44.7 Å². The van der Waals surface area contributed by atoms with Crippen LogP contribution in [0.2, 0.25) is 0 Å². The third-order valence-corrected chi connectivity index (χ3v) is 4.48. The first kappa shape index (κ1) is 12.4. The molecule has 1 aliphatic carbocycles. The predicted molar refractivity (Wildman–Crippen MR) is 78.5 cm³/mol. The minimum absolute atomic E-state index is 0.385. The van der Waals surface area contributed by atoms with E-state index in [9.17, 15) is 5.26 Å². The van der Waals surface area contributed by atoms with E-state index in [1.165, 1.54) is 6.42 Å². The number of fused-ring (bicyclic) bond motifs is 1. The van der Waals surface area contributed by atoms with Gasteiger partial charge in [0.1, 0.15) is 6.07 Å². The fourth-order valence-corrected chi connectivity index (χ4v) is 3.57. The van der Waals surface area contributed by atoms with Gasteiger partial charge in [-0.1, -0.05) is 19.9 Å². The quantitative estimate of drug-likeness (QED) is 0.785. The lowest BCUT2D eigenvalue weighted by Crippen LogP contribution is -2.09. The van der Waals surface area contributed by atoms with Crippen LogP contribution in [0.25, 0.3) is 11.0 Å². The molecule has 0 radical (unpaired) electrons. The van der Waals surface area contributed by atoms with Crippen LogP contribution in [0.3, 0.4) is 0 Å². The van der Waals surface area contributed by atoms with Crippen molar-refractivity contribution in [1.29, 1.82) is 5.26 Å². The Morgan fingerprint density at radius 1 is 1.47 bits per heavy atom. The van der Waals surface area contributed by atoms with Gasteiger partial charge < -0.3 is 9.55 Å². The molecule has 0 aliphatic heterocycles. The zero-order valence-electron chi connectivity index (χ0n) is 11.2. The molecule has 1 N–H and O–H groups in total. The van der Waals surface area contributed by atoms with E-state index in [2.05, 4.69) is 29.5 Å². The van der Waals surface area contributed by atoms with Crippen molar-refractivity contribution < 1.29 is 0 Å². The molecule has 1 unspecified atom stereocenters. The number of aromatic nitrogens is 2. The van der Waals surface area contributed by atoms with Crippen molar-refractivity contribution in [3.63, 3.8) is 0 Å². The Kier molecular flexibility index (Phi) is 2.75. The Morgan fingerprint density at radius 2 is 2.26 bits per heavy atom. The molecule has 0 spiro atoms. The molecular formula is C15H17N3S. The van der Waals surface area contributed by atoms with Gasteiger partial charge in [-0.25, -0.2) is 0 Å². The van der Waals surface area contributed by atoms with Crippen molar-refractivity contribution in [2.75, 3.05) is 0 Å². The van der Waals surface area contributed by atoms with Gasteiger partial charge in [0.05, 0.1) is 16.6 Å². The third kappa shape index (κ3) is 1.98. The first-order valence-electron chi connectivity index (χ1n) is 6.65. The highest BCUT2D eigenvalue weighted by atomic mass is 32.1. The molecule has 98 valence electrons. The summed E-state index contributed by atoms with van der Waals surface area (Å²) in [6.45, 7) is 4.62. The summed E-state index contributed by atoms with van der Waals surface area (Å²) in [5.74, 6) is 0. The molecular weight excluding hydrogens is 254 g/mol. The van der Waals surface area contributed by atoms with Crippen LogP contribution in [0, 0.1) is 21.5 Å². The van der Waals surface area contributed by atoms with Gasteiger partial charge in [-0.2, -0.15) is 5.26 Å². The van der Waals surface area contributed by atoms with Crippen molar-refractivity contribution in [3.8, 4) is 6.07 Å². The Bertz CT molecular complexity index is 730. The highest BCUT2D eigenvalue weighted by molar-refractivity contribution is 7.71. The lowest BCUT2D eigenvalue weighted by molar-refractivity contribution is 0.360. The third-order valence-electron chi connectivity index (χ3n) is 4.18. The topological polar surface area (TPSA) is 44.5 Å². The van der Waals surface area contributed by atoms with Gasteiger partial charge in [0.2, 0.25) is 0 Å². The summed E-state index contributed by atoms with van der Waals surface area (Å²) < 4.78 is 2.95. The number of nitrogens with one attached hydrogen (secondary N) is 1. The summed E-state index contributed by atoms with van der Waals surface area (Å²) in [5.41, 5.74) is 2.99. The Morgan fingerprint density at radius 3 is 2.89 bits per heavy atom. The average molecular weight is 271 g/mol. The van der Waals surface area contributed by atoms with Crippen LogP contribution < -0.4 is 0 Å². The van der Waals surface area contributed by atoms with Gasteiger partial charge in [-0.15, -0.1) is 0 Å². The zero-order chi connectivity index (χ0) is 13.6. The summed E-state index contributed by atoms with van der Waals surface area (Å²) >= 11 is 5.47. The molecule has 2 aromatic rings. The van der Waals surface area contributed by atoms with E-state index < -0.39 is 0 Å². The minimum Gasteiger partial charge on any atom is -0.329 e. The van der Waals surface area contributed by atoms with Crippen molar-refractivity contribution in [1.82, 2.24) is 9.55 Å². The van der Waals surface area contributed by atoms with Gasteiger partial charge in [0, 0.05) is 6.04 Å². The Hall–Kier alpha value is -1.60. The van der Waals surface area contributed by atoms with Crippen LogP contribution in [-0.4, -0.2) is 9.55 Å². The van der Waals surface area contributed by atoms with Gasteiger partial charge in [0.25, 0.3) is 0 Å². The number of H-pyrrole nitrogens is 1. The highest BCUT2D eigenvalue weighted by Crippen LogP contribution is 2.44. The van der Waals surface area contributed by atoms with Crippen molar-refractivity contribution in [2.24, 2.45) is 5.41 Å². The zero-order valence-corrected chi connectivity index (χ0v) is 12.0. The molecule has 3 rings (SSSR count). The second kappa shape index (κ2) is 4.21. The fourth-order valence-electron chi connectivity index (χ4n) is 3.22. The number of hydrogen-bond acceptors (Lipinski definition) is 2. The summed E-state index contributed by atoms with van der Waals surface area (Å²) in [5, 5.41) is 9.17. The molecule has 3 nitrogen and oxygen atoms in total. The van der Waals surface area contributed by atoms with Crippen molar-refractivity contribution in [3.05, 3.63) is 28.5 Å². The van der Waals surface area contributed by atoms with Gasteiger partial charge in [-0.3, -0.25) is 0 Å². The van der Waals surface area contributed by atoms with Gasteiger partial charge in [0.15, 0.2) is 4.77 Å². The second-order valence-electron chi connectivity index (χ2n) is 6.17. The number of benzene rings is 1. The fraction of sp³-hybridized carbons (Fsp3) is 0.467. The lowest BCUT2D eigenvalue weighted by Gasteiger charge is -2.18. The van der Waals surface area contributed by atoms with E-state index in [-0.39, 0.29) is 0 Å². The first-order valence-corrected chi connectivity index (χ1v) is 7.06. The minimum atomic E-state index is 0.385. The smallest absolute Gasteiger partial charge is 0.178 e. The van der Waals surface area contributed by atoms with E-state index in [0.29, 0.717) is 17.0 Å². The highest BCUT2D eigenvalue weighted by Gasteiger charge is 2.33. The summed E-state index contributed by atoms with van der Waals surface area (Å²) in [6, 6.07) is 8.49. The van der Waals surface area contributed by atoms with Crippen LogP contribution in [0.15, 0.2) is 18.2 Å². The van der Waals surface area contributed by atoms with Crippen molar-refractivity contribution in [2.45, 2.75) is 39.2 Å². The molecule has 0 saturated heterocycles. The summed E-state index contributed by atoms with van der Waals surface area (Å²) in [6.07, 6.45) is 3.53. The lowest BCUT2D eigenvalue weighted by atomic mass is 9.92. The maximum Gasteiger partial charge on any atom is 0.178 e. The molecule has 1 aliphatic rings. The van der Waals surface area contributed by atoms with E-state index in [1.54, 1.807) is 0 Å². The van der Waals surface area contributed by atoms with Crippen LogP contribution in [0.5, 0.6) is 0 Å². The van der Waals surface area contributed by atoms with Crippen LogP contribution in [0.4, 0.5) is 0 Å².